The molecule has 0 aliphatic heterocycles. The molecule has 0 radical (unpaired) electrons. The van der Waals surface area contributed by atoms with Crippen molar-refractivity contribution in [2.75, 3.05) is 19.1 Å². The summed E-state index contributed by atoms with van der Waals surface area (Å²) in [5.74, 6) is 1.04. The van der Waals surface area contributed by atoms with E-state index >= 15 is 0 Å². The maximum atomic E-state index is 12.0. The van der Waals surface area contributed by atoms with E-state index in [1.54, 1.807) is 21.6 Å². The Morgan fingerprint density at radius 1 is 1.58 bits per heavy atom. The molecule has 1 unspecified atom stereocenters. The average molecular weight is 301 g/mol. The second-order valence-electron chi connectivity index (χ2n) is 4.26. The molecule has 1 aliphatic carbocycles. The molecule has 6 heteroatoms. The van der Waals surface area contributed by atoms with Crippen molar-refractivity contribution in [2.45, 2.75) is 20.3 Å². The average Bonchev–Trinajstić information content (AvgIpc) is 2.38. The first-order valence-electron chi connectivity index (χ1n) is 5.96. The number of nitrogens with one attached hydrogen (secondary N) is 1. The Morgan fingerprint density at radius 3 is 2.84 bits per heavy atom. The summed E-state index contributed by atoms with van der Waals surface area (Å²) < 4.78 is 4.55. The zero-order valence-corrected chi connectivity index (χ0v) is 13.2. The molecule has 4 nitrogen and oxygen atoms in total. The Balaban J connectivity index is 3.00. The lowest BCUT2D eigenvalue weighted by atomic mass is 9.83. The van der Waals surface area contributed by atoms with Crippen molar-refractivity contribution in [3.05, 3.63) is 22.9 Å². The predicted octanol–water partition coefficient (Wildman–Crippen LogP) is 3.16. The molecule has 1 aliphatic rings. The van der Waals surface area contributed by atoms with Crippen LogP contribution in [0.15, 0.2) is 22.9 Å². The molecule has 0 fully saturated rings. The van der Waals surface area contributed by atoms with E-state index in [1.807, 2.05) is 20.1 Å². The molecule has 0 aromatic heterocycles. The fourth-order valence-corrected chi connectivity index (χ4v) is 3.07. The van der Waals surface area contributed by atoms with E-state index < -0.39 is 6.09 Å². The molecule has 19 heavy (non-hydrogen) atoms. The second kappa shape index (κ2) is 7.65. The smallest absolute Gasteiger partial charge is 0.411 e. The first-order valence-corrected chi connectivity index (χ1v) is 8.69. The summed E-state index contributed by atoms with van der Waals surface area (Å²) in [5, 5.41) is 2.53. The highest BCUT2D eigenvalue weighted by atomic mass is 33.1. The summed E-state index contributed by atoms with van der Waals surface area (Å²) in [5.41, 5.74) is 2.34. The molecule has 0 spiro atoms. The molecule has 0 aromatic carbocycles. The van der Waals surface area contributed by atoms with E-state index in [9.17, 15) is 9.59 Å². The van der Waals surface area contributed by atoms with Gasteiger partial charge in [-0.05, 0) is 30.2 Å². The lowest BCUT2D eigenvalue weighted by molar-refractivity contribution is -0.116. The van der Waals surface area contributed by atoms with E-state index in [4.69, 9.17) is 0 Å². The van der Waals surface area contributed by atoms with Crippen LogP contribution in [0.2, 0.25) is 0 Å². The van der Waals surface area contributed by atoms with Crippen molar-refractivity contribution in [2.24, 2.45) is 5.92 Å². The van der Waals surface area contributed by atoms with Gasteiger partial charge in [-0.2, -0.15) is 0 Å². The van der Waals surface area contributed by atoms with Crippen LogP contribution in [-0.4, -0.2) is 31.0 Å². The third-order valence-corrected chi connectivity index (χ3v) is 4.66. The first kappa shape index (κ1) is 16.2. The van der Waals surface area contributed by atoms with Crippen molar-refractivity contribution in [3.63, 3.8) is 0 Å². The predicted molar refractivity (Wildman–Crippen MR) is 81.1 cm³/mol. The van der Waals surface area contributed by atoms with E-state index in [0.717, 1.165) is 16.9 Å². The maximum Gasteiger partial charge on any atom is 0.411 e. The largest absolute Gasteiger partial charge is 0.453 e. The number of allylic oxidation sites excluding steroid dienone is 3. The van der Waals surface area contributed by atoms with Crippen molar-refractivity contribution in [1.29, 1.82) is 0 Å². The number of rotatable bonds is 4. The first-order chi connectivity index (χ1) is 9.01. The van der Waals surface area contributed by atoms with Gasteiger partial charge in [0.2, 0.25) is 0 Å². The Morgan fingerprint density at radius 2 is 2.26 bits per heavy atom. The number of methoxy groups -OCH3 is 1. The van der Waals surface area contributed by atoms with Crippen LogP contribution in [0.1, 0.15) is 20.3 Å². The minimum Gasteiger partial charge on any atom is -0.453 e. The maximum absolute atomic E-state index is 12.0. The van der Waals surface area contributed by atoms with Gasteiger partial charge in [-0.15, -0.1) is 0 Å². The minimum atomic E-state index is -0.602. The number of hydrogen-bond acceptors (Lipinski definition) is 5. The monoisotopic (exact) mass is 301 g/mol. The van der Waals surface area contributed by atoms with Crippen LogP contribution in [-0.2, 0) is 9.53 Å². The van der Waals surface area contributed by atoms with Gasteiger partial charge in [-0.1, -0.05) is 34.6 Å². The molecule has 0 aromatic rings. The van der Waals surface area contributed by atoms with E-state index in [1.165, 1.54) is 7.11 Å². The van der Waals surface area contributed by atoms with Gasteiger partial charge in [0.05, 0.1) is 12.8 Å². The van der Waals surface area contributed by atoms with Crippen molar-refractivity contribution in [3.8, 4) is 0 Å². The zero-order valence-electron chi connectivity index (χ0n) is 11.6. The molecule has 0 bridgehead atoms. The van der Waals surface area contributed by atoms with E-state index in [2.05, 4.69) is 16.1 Å². The molecule has 0 heterocycles. The number of hydrogen-bond donors (Lipinski definition) is 1. The molecular weight excluding hydrogens is 282 g/mol. The fourth-order valence-electron chi connectivity index (χ4n) is 2.08. The molecule has 0 saturated heterocycles. The Hall–Kier alpha value is -0.880. The molecule has 1 atom stereocenters. The number of ether oxygens (including phenoxy) is 1. The number of alkyl carbamates (subject to hydrolysis) is 1. The van der Waals surface area contributed by atoms with Crippen LogP contribution >= 0.6 is 21.6 Å². The number of carbonyl (C=O) groups is 2. The zero-order chi connectivity index (χ0) is 14.4. The lowest BCUT2D eigenvalue weighted by Crippen LogP contribution is -2.32. The van der Waals surface area contributed by atoms with Crippen LogP contribution in [0.25, 0.3) is 0 Å². The van der Waals surface area contributed by atoms with Crippen molar-refractivity contribution < 1.29 is 14.3 Å². The standard InChI is InChI=1S/C13H19NO3S2/c1-8-7-11(15)12(14-13(16)17-3)9(2)10(8)5-6-19-18-4/h5,8H,6-7H2,1-4H3,(H,14,16)/b10-5-. The van der Waals surface area contributed by atoms with E-state index in [-0.39, 0.29) is 11.7 Å². The Bertz CT molecular complexity index is 430. The van der Waals surface area contributed by atoms with Crippen LogP contribution in [0.3, 0.4) is 0 Å². The number of Topliss-reactive ketones (excluding diaryl/α,β-unsaturated/α-hetero) is 1. The van der Waals surface area contributed by atoms with Gasteiger partial charge in [0, 0.05) is 12.2 Å². The molecule has 1 amide bonds. The fraction of sp³-hybridized carbons (Fsp3) is 0.538. The molecule has 1 N–H and O–H groups in total. The summed E-state index contributed by atoms with van der Waals surface area (Å²) in [6, 6.07) is 0. The summed E-state index contributed by atoms with van der Waals surface area (Å²) in [7, 11) is 4.74. The van der Waals surface area contributed by atoms with Crippen LogP contribution in [0.4, 0.5) is 4.79 Å². The molecule has 0 saturated carbocycles. The highest BCUT2D eigenvalue weighted by Crippen LogP contribution is 2.32. The Kier molecular flexibility index (Phi) is 6.51. The lowest BCUT2D eigenvalue weighted by Gasteiger charge is -2.25. The Labute approximate surface area is 121 Å². The molecule has 106 valence electrons. The van der Waals surface area contributed by atoms with E-state index in [0.29, 0.717) is 12.1 Å². The summed E-state index contributed by atoms with van der Waals surface area (Å²) >= 11 is 0. The molecular formula is C13H19NO3S2. The van der Waals surface area contributed by atoms with Gasteiger partial charge >= 0.3 is 6.09 Å². The molecule has 1 rings (SSSR count). The van der Waals surface area contributed by atoms with Gasteiger partial charge in [-0.25, -0.2) is 4.79 Å². The summed E-state index contributed by atoms with van der Waals surface area (Å²) in [4.78, 5) is 23.3. The third-order valence-electron chi connectivity index (χ3n) is 3.01. The second-order valence-corrected chi connectivity index (χ2v) is 6.87. The van der Waals surface area contributed by atoms with Gasteiger partial charge in [0.1, 0.15) is 0 Å². The third kappa shape index (κ3) is 4.31. The minimum absolute atomic E-state index is 0.0370. The number of amides is 1. The number of ketones is 1. The number of carbonyl (C=O) groups excluding carboxylic acids is 2. The highest BCUT2D eigenvalue weighted by molar-refractivity contribution is 8.76. The van der Waals surface area contributed by atoms with Gasteiger partial charge in [0.15, 0.2) is 5.78 Å². The van der Waals surface area contributed by atoms with Gasteiger partial charge in [-0.3, -0.25) is 10.1 Å². The van der Waals surface area contributed by atoms with Gasteiger partial charge in [0.25, 0.3) is 0 Å². The van der Waals surface area contributed by atoms with Crippen LogP contribution < -0.4 is 5.32 Å². The van der Waals surface area contributed by atoms with Crippen molar-refractivity contribution >= 4 is 33.5 Å². The summed E-state index contributed by atoms with van der Waals surface area (Å²) in [6.45, 7) is 3.90. The SMILES string of the molecule is COC(=O)NC1=C(C)/C(=C\CSSC)C(C)CC1=O. The van der Waals surface area contributed by atoms with Gasteiger partial charge < -0.3 is 4.74 Å². The van der Waals surface area contributed by atoms with Crippen LogP contribution in [0, 0.1) is 5.92 Å². The normalized spacial score (nSPS) is 21.8. The van der Waals surface area contributed by atoms with Crippen molar-refractivity contribution in [1.82, 2.24) is 5.32 Å². The quantitative estimate of drug-likeness (QED) is 0.638. The summed E-state index contributed by atoms with van der Waals surface area (Å²) in [6.07, 6.45) is 3.98. The topological polar surface area (TPSA) is 55.4 Å². The van der Waals surface area contributed by atoms with Crippen LogP contribution in [0.5, 0.6) is 0 Å². The highest BCUT2D eigenvalue weighted by Gasteiger charge is 2.28.